The van der Waals surface area contributed by atoms with Crippen molar-refractivity contribution in [2.75, 3.05) is 0 Å². The molecule has 1 rings (SSSR count). The van der Waals surface area contributed by atoms with E-state index in [1.807, 2.05) is 12.1 Å². The number of hydrogen-bond acceptors (Lipinski definition) is 2. The summed E-state index contributed by atoms with van der Waals surface area (Å²) in [5, 5.41) is 0. The van der Waals surface area contributed by atoms with Crippen LogP contribution in [0, 0.1) is 0 Å². The average molecular weight is 288 g/mol. The highest BCUT2D eigenvalue weighted by Crippen LogP contribution is 2.18. The van der Waals surface area contributed by atoms with Crippen molar-refractivity contribution in [3.63, 3.8) is 0 Å². The molecule has 21 heavy (non-hydrogen) atoms. The SMILES string of the molecule is CCC=CCC(CCC)Oc1ccc(CCC(C)=O)cc1. The molecule has 0 radical (unpaired) electrons. The standard InChI is InChI=1S/C19H28O2/c1-4-6-7-9-18(8-5-2)21-19-14-12-17(13-15-19)11-10-16(3)20/h6-7,12-15,18H,4-5,8-11H2,1-3H3. The van der Waals surface area contributed by atoms with Gasteiger partial charge in [0.1, 0.15) is 17.6 Å². The number of ether oxygens (including phenoxy) is 1. The summed E-state index contributed by atoms with van der Waals surface area (Å²) in [4.78, 5) is 11.0. The second-order valence-corrected chi connectivity index (χ2v) is 5.49. The lowest BCUT2D eigenvalue weighted by molar-refractivity contribution is -0.116. The fraction of sp³-hybridized carbons (Fsp3) is 0.526. The van der Waals surface area contributed by atoms with Gasteiger partial charge in [0.15, 0.2) is 0 Å². The van der Waals surface area contributed by atoms with Crippen molar-refractivity contribution >= 4 is 5.78 Å². The number of carbonyl (C=O) groups excluding carboxylic acids is 1. The minimum Gasteiger partial charge on any atom is -0.490 e. The molecule has 2 nitrogen and oxygen atoms in total. The second kappa shape index (κ2) is 10.2. The predicted octanol–water partition coefficient (Wildman–Crippen LogP) is 5.11. The van der Waals surface area contributed by atoms with Crippen molar-refractivity contribution in [2.45, 2.75) is 65.4 Å². The van der Waals surface area contributed by atoms with Crippen LogP contribution in [-0.4, -0.2) is 11.9 Å². The van der Waals surface area contributed by atoms with Gasteiger partial charge in [-0.3, -0.25) is 0 Å². The molecule has 1 aromatic carbocycles. The lowest BCUT2D eigenvalue weighted by Crippen LogP contribution is -2.15. The van der Waals surface area contributed by atoms with Crippen molar-refractivity contribution < 1.29 is 9.53 Å². The molecule has 0 heterocycles. The van der Waals surface area contributed by atoms with Crippen LogP contribution in [-0.2, 0) is 11.2 Å². The van der Waals surface area contributed by atoms with E-state index in [0.29, 0.717) is 6.42 Å². The van der Waals surface area contributed by atoms with Crippen molar-refractivity contribution in [3.8, 4) is 5.75 Å². The van der Waals surface area contributed by atoms with Gasteiger partial charge in [0.2, 0.25) is 0 Å². The Kier molecular flexibility index (Phi) is 8.49. The van der Waals surface area contributed by atoms with Gasteiger partial charge < -0.3 is 9.53 Å². The smallest absolute Gasteiger partial charge is 0.130 e. The molecule has 0 bridgehead atoms. The van der Waals surface area contributed by atoms with E-state index in [1.54, 1.807) is 6.92 Å². The lowest BCUT2D eigenvalue weighted by Gasteiger charge is -2.17. The second-order valence-electron chi connectivity index (χ2n) is 5.49. The summed E-state index contributed by atoms with van der Waals surface area (Å²) >= 11 is 0. The van der Waals surface area contributed by atoms with Gasteiger partial charge >= 0.3 is 0 Å². The first-order valence-electron chi connectivity index (χ1n) is 8.05. The number of ketones is 1. The minimum absolute atomic E-state index is 0.237. The van der Waals surface area contributed by atoms with E-state index in [9.17, 15) is 4.79 Å². The van der Waals surface area contributed by atoms with E-state index >= 15 is 0 Å². The maximum atomic E-state index is 11.0. The Morgan fingerprint density at radius 3 is 2.48 bits per heavy atom. The van der Waals surface area contributed by atoms with E-state index in [0.717, 1.165) is 37.9 Å². The first-order chi connectivity index (χ1) is 10.2. The molecule has 0 N–H and O–H groups in total. The highest BCUT2D eigenvalue weighted by molar-refractivity contribution is 5.75. The number of carbonyl (C=O) groups is 1. The molecule has 0 saturated heterocycles. The number of allylic oxidation sites excluding steroid dienone is 1. The Balaban J connectivity index is 2.54. The Hall–Kier alpha value is -1.57. The van der Waals surface area contributed by atoms with Crippen molar-refractivity contribution in [1.82, 2.24) is 0 Å². The summed E-state index contributed by atoms with van der Waals surface area (Å²) in [6, 6.07) is 8.15. The van der Waals surface area contributed by atoms with Crippen LogP contribution in [0.5, 0.6) is 5.75 Å². The normalized spacial score (nSPS) is 12.5. The first-order valence-corrected chi connectivity index (χ1v) is 8.05. The van der Waals surface area contributed by atoms with Crippen molar-refractivity contribution in [1.29, 1.82) is 0 Å². The summed E-state index contributed by atoms with van der Waals surface area (Å²) < 4.78 is 6.06. The molecule has 1 aromatic rings. The summed E-state index contributed by atoms with van der Waals surface area (Å²) in [5.41, 5.74) is 1.19. The monoisotopic (exact) mass is 288 g/mol. The molecule has 1 unspecified atom stereocenters. The quantitative estimate of drug-likeness (QED) is 0.559. The molecule has 2 heteroatoms. The maximum Gasteiger partial charge on any atom is 0.130 e. The minimum atomic E-state index is 0.237. The van der Waals surface area contributed by atoms with Gasteiger partial charge in [-0.2, -0.15) is 0 Å². The summed E-state index contributed by atoms with van der Waals surface area (Å²) in [6.45, 7) is 5.97. The number of rotatable bonds is 10. The highest BCUT2D eigenvalue weighted by Gasteiger charge is 2.08. The molecule has 0 saturated carbocycles. The van der Waals surface area contributed by atoms with Crippen LogP contribution < -0.4 is 4.74 Å². The van der Waals surface area contributed by atoms with Crippen molar-refractivity contribution in [2.24, 2.45) is 0 Å². The molecule has 116 valence electrons. The zero-order valence-electron chi connectivity index (χ0n) is 13.6. The van der Waals surface area contributed by atoms with Crippen LogP contribution in [0.2, 0.25) is 0 Å². The van der Waals surface area contributed by atoms with Crippen molar-refractivity contribution in [3.05, 3.63) is 42.0 Å². The van der Waals surface area contributed by atoms with E-state index in [1.165, 1.54) is 5.56 Å². The van der Waals surface area contributed by atoms with E-state index in [4.69, 9.17) is 4.74 Å². The topological polar surface area (TPSA) is 26.3 Å². The van der Waals surface area contributed by atoms with Gasteiger partial charge in [-0.25, -0.2) is 0 Å². The Morgan fingerprint density at radius 1 is 1.19 bits per heavy atom. The maximum absolute atomic E-state index is 11.0. The molecule has 0 aromatic heterocycles. The van der Waals surface area contributed by atoms with Gasteiger partial charge in [0.25, 0.3) is 0 Å². The third kappa shape index (κ3) is 7.69. The lowest BCUT2D eigenvalue weighted by atomic mass is 10.1. The summed E-state index contributed by atoms with van der Waals surface area (Å²) in [7, 11) is 0. The molecule has 0 fully saturated rings. The third-order valence-corrected chi connectivity index (χ3v) is 3.40. The van der Waals surface area contributed by atoms with E-state index < -0.39 is 0 Å². The van der Waals surface area contributed by atoms with Crippen LogP contribution in [0.4, 0.5) is 0 Å². The number of Topliss-reactive ketones (excluding diaryl/α,β-unsaturated/α-hetero) is 1. The fourth-order valence-electron chi connectivity index (χ4n) is 2.21. The summed E-state index contributed by atoms with van der Waals surface area (Å²) in [5.74, 6) is 1.16. The molecule has 0 aliphatic rings. The van der Waals surface area contributed by atoms with Gasteiger partial charge in [0, 0.05) is 12.8 Å². The molecule has 1 atom stereocenters. The number of aryl methyl sites for hydroxylation is 1. The Bertz CT molecular complexity index is 431. The van der Waals surface area contributed by atoms with Crippen LogP contribution in [0.1, 0.15) is 58.4 Å². The van der Waals surface area contributed by atoms with Gasteiger partial charge in [0.05, 0.1) is 0 Å². The molecule has 0 spiro atoms. The average Bonchev–Trinajstić information content (AvgIpc) is 2.47. The molecule has 0 aliphatic carbocycles. The highest BCUT2D eigenvalue weighted by atomic mass is 16.5. The predicted molar refractivity (Wildman–Crippen MR) is 88.8 cm³/mol. The van der Waals surface area contributed by atoms with Crippen LogP contribution in [0.25, 0.3) is 0 Å². The van der Waals surface area contributed by atoms with E-state index in [2.05, 4.69) is 38.1 Å². The Morgan fingerprint density at radius 2 is 1.90 bits per heavy atom. The van der Waals surface area contributed by atoms with Crippen LogP contribution >= 0.6 is 0 Å². The number of benzene rings is 1. The van der Waals surface area contributed by atoms with Gasteiger partial charge in [-0.15, -0.1) is 0 Å². The van der Waals surface area contributed by atoms with Crippen LogP contribution in [0.15, 0.2) is 36.4 Å². The van der Waals surface area contributed by atoms with Gasteiger partial charge in [-0.1, -0.05) is 44.6 Å². The number of hydrogen-bond donors (Lipinski definition) is 0. The largest absolute Gasteiger partial charge is 0.490 e. The first kappa shape index (κ1) is 17.5. The summed E-state index contributed by atoms with van der Waals surface area (Å²) in [6.07, 6.45) is 10.3. The molecular weight excluding hydrogens is 260 g/mol. The van der Waals surface area contributed by atoms with Gasteiger partial charge in [-0.05, 0) is 43.9 Å². The zero-order valence-corrected chi connectivity index (χ0v) is 13.6. The molecule has 0 aliphatic heterocycles. The third-order valence-electron chi connectivity index (χ3n) is 3.40. The zero-order chi connectivity index (χ0) is 15.5. The molecule has 0 amide bonds. The molecular formula is C19H28O2. The van der Waals surface area contributed by atoms with Crippen LogP contribution in [0.3, 0.4) is 0 Å². The fourth-order valence-corrected chi connectivity index (χ4v) is 2.21. The van der Waals surface area contributed by atoms with E-state index in [-0.39, 0.29) is 11.9 Å². The Labute approximate surface area is 129 Å².